The lowest BCUT2D eigenvalue weighted by molar-refractivity contribution is -0.115. The number of thiocarbonyl (C=S) groups is 1. The number of nitrogens with one attached hydrogen (secondary N) is 2. The number of aromatic nitrogens is 1. The minimum Gasteiger partial charge on any atom is -0.457 e. The summed E-state index contributed by atoms with van der Waals surface area (Å²) >= 11 is 14.6. The van der Waals surface area contributed by atoms with E-state index in [1.165, 1.54) is 6.08 Å². The molecule has 2 N–H and O–H groups in total. The van der Waals surface area contributed by atoms with Crippen LogP contribution in [0.4, 0.5) is 5.69 Å². The van der Waals surface area contributed by atoms with E-state index in [0.717, 1.165) is 15.6 Å². The van der Waals surface area contributed by atoms with Crippen molar-refractivity contribution in [2.45, 2.75) is 0 Å². The molecule has 1 amide bonds. The SMILES string of the molecule is O=C(C=Cc1ccc(-c2ccc(Cl)cc2)o1)NC(=S)Nc1ccc2oc(-c3ccc(Br)cc3)nc2c1. The topological polar surface area (TPSA) is 80.3 Å². The minimum absolute atomic E-state index is 0.155. The molecular formula is C27H17BrClN3O3S. The minimum atomic E-state index is -0.392. The van der Waals surface area contributed by atoms with Crippen LogP contribution in [0.2, 0.25) is 5.02 Å². The summed E-state index contributed by atoms with van der Waals surface area (Å²) in [6.07, 6.45) is 2.92. The number of benzene rings is 3. The second-order valence-electron chi connectivity index (χ2n) is 7.69. The molecule has 9 heteroatoms. The summed E-state index contributed by atoms with van der Waals surface area (Å²) in [4.78, 5) is 16.9. The molecule has 2 aromatic heterocycles. The summed E-state index contributed by atoms with van der Waals surface area (Å²) < 4.78 is 12.6. The van der Waals surface area contributed by atoms with Crippen LogP contribution in [0.15, 0.2) is 98.2 Å². The quantitative estimate of drug-likeness (QED) is 0.164. The molecule has 0 spiro atoms. The van der Waals surface area contributed by atoms with Crippen LogP contribution in [-0.4, -0.2) is 16.0 Å². The van der Waals surface area contributed by atoms with Crippen molar-refractivity contribution < 1.29 is 13.6 Å². The Morgan fingerprint density at radius 3 is 2.47 bits per heavy atom. The van der Waals surface area contributed by atoms with Gasteiger partial charge in [0, 0.05) is 32.4 Å². The van der Waals surface area contributed by atoms with E-state index in [9.17, 15) is 4.79 Å². The van der Waals surface area contributed by atoms with Gasteiger partial charge in [0.2, 0.25) is 11.8 Å². The smallest absolute Gasteiger partial charge is 0.250 e. The summed E-state index contributed by atoms with van der Waals surface area (Å²) in [5, 5.41) is 6.42. The molecule has 0 aliphatic rings. The number of carbonyl (C=O) groups excluding carboxylic acids is 1. The number of fused-ring (bicyclic) bond motifs is 1. The first kappa shape index (κ1) is 24.0. The Hall–Kier alpha value is -3.72. The number of oxazole rings is 1. The third-order valence-corrected chi connectivity index (χ3v) is 6.11. The average Bonchev–Trinajstić information content (AvgIpc) is 3.51. The molecule has 0 radical (unpaired) electrons. The molecule has 0 unspecified atom stereocenters. The van der Waals surface area contributed by atoms with Crippen LogP contribution in [0.1, 0.15) is 5.76 Å². The van der Waals surface area contributed by atoms with Gasteiger partial charge in [0.05, 0.1) is 0 Å². The molecule has 5 rings (SSSR count). The van der Waals surface area contributed by atoms with E-state index in [1.807, 2.05) is 42.5 Å². The average molecular weight is 579 g/mol. The van der Waals surface area contributed by atoms with E-state index in [0.29, 0.717) is 39.2 Å². The van der Waals surface area contributed by atoms with Gasteiger partial charge in [0.1, 0.15) is 17.0 Å². The number of hydrogen-bond donors (Lipinski definition) is 2. The molecule has 2 heterocycles. The van der Waals surface area contributed by atoms with Crippen molar-refractivity contribution in [1.29, 1.82) is 0 Å². The monoisotopic (exact) mass is 577 g/mol. The van der Waals surface area contributed by atoms with E-state index in [1.54, 1.807) is 42.5 Å². The summed E-state index contributed by atoms with van der Waals surface area (Å²) in [5.74, 6) is 1.34. The van der Waals surface area contributed by atoms with Crippen molar-refractivity contribution in [3.05, 3.63) is 100 Å². The predicted octanol–water partition coefficient (Wildman–Crippen LogP) is 7.70. The highest BCUT2D eigenvalue weighted by molar-refractivity contribution is 9.10. The van der Waals surface area contributed by atoms with Gasteiger partial charge in [0.15, 0.2) is 10.7 Å². The first-order chi connectivity index (χ1) is 17.4. The second kappa shape index (κ2) is 10.5. The van der Waals surface area contributed by atoms with E-state index in [4.69, 9.17) is 32.7 Å². The van der Waals surface area contributed by atoms with Crippen molar-refractivity contribution >= 4 is 73.6 Å². The molecule has 0 bridgehead atoms. The number of anilines is 1. The van der Waals surface area contributed by atoms with Crippen molar-refractivity contribution in [3.8, 4) is 22.8 Å². The number of amides is 1. The van der Waals surface area contributed by atoms with Crippen LogP contribution in [-0.2, 0) is 4.79 Å². The molecule has 0 aliphatic carbocycles. The third-order valence-electron chi connectivity index (χ3n) is 5.13. The summed E-state index contributed by atoms with van der Waals surface area (Å²) in [5.41, 5.74) is 3.75. The maximum atomic E-state index is 12.3. The van der Waals surface area contributed by atoms with E-state index in [2.05, 4.69) is 31.5 Å². The Bertz CT molecular complexity index is 1590. The van der Waals surface area contributed by atoms with Crippen molar-refractivity contribution in [3.63, 3.8) is 0 Å². The summed E-state index contributed by atoms with van der Waals surface area (Å²) in [6.45, 7) is 0. The highest BCUT2D eigenvalue weighted by Crippen LogP contribution is 2.27. The highest BCUT2D eigenvalue weighted by atomic mass is 79.9. The first-order valence-corrected chi connectivity index (χ1v) is 12.3. The number of hydrogen-bond acceptors (Lipinski definition) is 5. The Balaban J connectivity index is 1.19. The molecule has 0 saturated carbocycles. The lowest BCUT2D eigenvalue weighted by atomic mass is 10.2. The zero-order chi connectivity index (χ0) is 25.1. The van der Waals surface area contributed by atoms with Gasteiger partial charge >= 0.3 is 0 Å². The van der Waals surface area contributed by atoms with Crippen molar-refractivity contribution in [2.24, 2.45) is 0 Å². The molecule has 3 aromatic carbocycles. The standard InChI is InChI=1S/C27H17BrClN3O3S/c28-18-5-1-17(2-6-18)26-31-22-15-20(9-12-24(22)35-26)30-27(36)32-25(33)14-11-21-10-13-23(34-21)16-3-7-19(29)8-4-16/h1-15H,(H2,30,32,33,36). The zero-order valence-electron chi connectivity index (χ0n) is 18.5. The van der Waals surface area contributed by atoms with E-state index in [-0.39, 0.29) is 5.11 Å². The van der Waals surface area contributed by atoms with Crippen LogP contribution in [0.5, 0.6) is 0 Å². The number of halogens is 2. The van der Waals surface area contributed by atoms with Crippen molar-refractivity contribution in [1.82, 2.24) is 10.3 Å². The fourth-order valence-electron chi connectivity index (χ4n) is 3.41. The molecule has 0 fully saturated rings. The Morgan fingerprint density at radius 2 is 1.69 bits per heavy atom. The van der Waals surface area contributed by atoms with Crippen LogP contribution < -0.4 is 10.6 Å². The lowest BCUT2D eigenvalue weighted by Crippen LogP contribution is -2.32. The molecule has 0 aliphatic heterocycles. The molecule has 0 atom stereocenters. The van der Waals surface area contributed by atoms with Crippen LogP contribution in [0, 0.1) is 0 Å². The van der Waals surface area contributed by atoms with Crippen molar-refractivity contribution in [2.75, 3.05) is 5.32 Å². The third kappa shape index (κ3) is 5.73. The fraction of sp³-hybridized carbons (Fsp3) is 0. The molecule has 5 aromatic rings. The van der Waals surface area contributed by atoms with Gasteiger partial charge in [-0.25, -0.2) is 4.98 Å². The predicted molar refractivity (Wildman–Crippen MR) is 150 cm³/mol. The maximum Gasteiger partial charge on any atom is 0.250 e. The molecular weight excluding hydrogens is 562 g/mol. The normalized spacial score (nSPS) is 11.2. The van der Waals surface area contributed by atoms with Gasteiger partial charge in [-0.1, -0.05) is 27.5 Å². The first-order valence-electron chi connectivity index (χ1n) is 10.8. The zero-order valence-corrected chi connectivity index (χ0v) is 21.7. The number of furan rings is 1. The summed E-state index contributed by atoms with van der Waals surface area (Å²) in [6, 6.07) is 24.0. The second-order valence-corrected chi connectivity index (χ2v) is 9.45. The highest BCUT2D eigenvalue weighted by Gasteiger charge is 2.10. The Morgan fingerprint density at radius 1 is 0.944 bits per heavy atom. The molecule has 6 nitrogen and oxygen atoms in total. The molecule has 0 saturated heterocycles. The van der Waals surface area contributed by atoms with Crippen LogP contribution in [0.3, 0.4) is 0 Å². The molecule has 178 valence electrons. The number of carbonyl (C=O) groups is 1. The lowest BCUT2D eigenvalue weighted by Gasteiger charge is -2.07. The Labute approximate surface area is 225 Å². The fourth-order valence-corrected chi connectivity index (χ4v) is 4.02. The van der Waals surface area contributed by atoms with Crippen LogP contribution >= 0.6 is 39.7 Å². The van der Waals surface area contributed by atoms with Gasteiger partial charge in [-0.3, -0.25) is 10.1 Å². The number of nitrogens with zero attached hydrogens (tertiary/aromatic N) is 1. The maximum absolute atomic E-state index is 12.3. The largest absolute Gasteiger partial charge is 0.457 e. The van der Waals surface area contributed by atoms with E-state index >= 15 is 0 Å². The van der Waals surface area contributed by atoms with Gasteiger partial charge in [-0.2, -0.15) is 0 Å². The van der Waals surface area contributed by atoms with Gasteiger partial charge in [0.25, 0.3) is 0 Å². The number of rotatable bonds is 5. The van der Waals surface area contributed by atoms with Gasteiger partial charge in [-0.15, -0.1) is 0 Å². The summed E-state index contributed by atoms with van der Waals surface area (Å²) in [7, 11) is 0. The Kier molecular flexibility index (Phi) is 6.99. The van der Waals surface area contributed by atoms with Gasteiger partial charge in [-0.05, 0) is 97.2 Å². The molecule has 36 heavy (non-hydrogen) atoms. The van der Waals surface area contributed by atoms with Crippen LogP contribution in [0.25, 0.3) is 40.0 Å². The van der Waals surface area contributed by atoms with E-state index < -0.39 is 5.91 Å². The van der Waals surface area contributed by atoms with Gasteiger partial charge < -0.3 is 14.2 Å².